The highest BCUT2D eigenvalue weighted by Gasteiger charge is 2.21. The van der Waals surface area contributed by atoms with Crippen LogP contribution in [-0.4, -0.2) is 14.3 Å². The van der Waals surface area contributed by atoms with Gasteiger partial charge in [-0.1, -0.05) is 70.2 Å². The van der Waals surface area contributed by atoms with Gasteiger partial charge in [-0.15, -0.1) is 29.5 Å². The summed E-state index contributed by atoms with van der Waals surface area (Å²) in [5, 5.41) is 4.73. The number of rotatable bonds is 10. The van der Waals surface area contributed by atoms with Crippen LogP contribution in [0.5, 0.6) is 0 Å². The lowest BCUT2D eigenvalue weighted by molar-refractivity contribution is 0.536. The molecule has 2 nitrogen and oxygen atoms in total. The molecule has 1 aromatic heterocycles. The molecule has 0 N–H and O–H groups in total. The first kappa shape index (κ1) is 17.3. The summed E-state index contributed by atoms with van der Waals surface area (Å²) in [6, 6.07) is 0. The Kier molecular flexibility index (Phi) is 8.42. The number of nitrogens with zero attached hydrogens (tertiary/aromatic N) is 2. The van der Waals surface area contributed by atoms with Gasteiger partial charge in [0.1, 0.15) is 9.24 Å². The summed E-state index contributed by atoms with van der Waals surface area (Å²) in [6.07, 6.45) is 10.9. The number of hydrogen-bond acceptors (Lipinski definition) is 5. The molecule has 0 spiro atoms. The van der Waals surface area contributed by atoms with Gasteiger partial charge in [0.25, 0.3) is 0 Å². The molecule has 0 radical (unpaired) electrons. The number of aromatic nitrogens is 2. The lowest BCUT2D eigenvalue weighted by Gasteiger charge is -2.22. The molecule has 110 valence electrons. The predicted molar refractivity (Wildman–Crippen MR) is 89.7 cm³/mol. The molecule has 0 unspecified atom stereocenters. The van der Waals surface area contributed by atoms with Gasteiger partial charge in [0, 0.05) is 4.75 Å². The van der Waals surface area contributed by atoms with Crippen molar-refractivity contribution < 1.29 is 0 Å². The third-order valence-electron chi connectivity index (χ3n) is 3.19. The van der Waals surface area contributed by atoms with Crippen LogP contribution in [0, 0.1) is 0 Å². The monoisotopic (exact) mass is 318 g/mol. The zero-order valence-electron chi connectivity index (χ0n) is 12.3. The quantitative estimate of drug-likeness (QED) is 0.333. The topological polar surface area (TPSA) is 25.8 Å². The maximum atomic E-state index is 4.33. The van der Waals surface area contributed by atoms with Gasteiger partial charge >= 0.3 is 0 Å². The minimum Gasteiger partial charge on any atom is -0.131 e. The number of hydrogen-bond donors (Lipinski definition) is 1. The Balaban J connectivity index is 2.15. The van der Waals surface area contributed by atoms with E-state index in [1.807, 2.05) is 11.8 Å². The Hall–Kier alpha value is 0.260. The molecule has 0 saturated carbocycles. The predicted octanol–water partition coefficient (Wildman–Crippen LogP) is 5.84. The van der Waals surface area contributed by atoms with Crippen LogP contribution in [0.1, 0.15) is 72.1 Å². The first-order valence-corrected chi connectivity index (χ1v) is 9.29. The molecule has 1 rings (SSSR count). The molecular formula is C14H26N2S3. The van der Waals surface area contributed by atoms with Crippen molar-refractivity contribution in [2.45, 2.75) is 86.1 Å². The van der Waals surface area contributed by atoms with Crippen molar-refractivity contribution in [1.82, 2.24) is 9.59 Å². The van der Waals surface area contributed by atoms with E-state index < -0.39 is 0 Å². The second kappa shape index (κ2) is 9.24. The number of thiol groups is 1. The van der Waals surface area contributed by atoms with Crippen molar-refractivity contribution in [3.05, 3.63) is 0 Å². The second-order valence-corrected chi connectivity index (χ2v) is 8.77. The Bertz CT molecular complexity index is 350. The van der Waals surface area contributed by atoms with Crippen molar-refractivity contribution in [3.63, 3.8) is 0 Å². The second-order valence-electron chi connectivity index (χ2n) is 5.62. The fourth-order valence-electron chi connectivity index (χ4n) is 2.05. The average molecular weight is 319 g/mol. The fraction of sp³-hybridized carbons (Fsp3) is 0.857. The maximum Gasteiger partial charge on any atom is 0.142 e. The summed E-state index contributed by atoms with van der Waals surface area (Å²) >= 11 is 7.66. The summed E-state index contributed by atoms with van der Waals surface area (Å²) in [6.45, 7) is 6.88. The van der Waals surface area contributed by atoms with Crippen LogP contribution in [-0.2, 0) is 0 Å². The Morgan fingerprint density at radius 1 is 1.11 bits per heavy atom. The van der Waals surface area contributed by atoms with E-state index in [1.165, 1.54) is 62.9 Å². The van der Waals surface area contributed by atoms with Crippen LogP contribution in [0.25, 0.3) is 0 Å². The molecule has 0 aliphatic heterocycles. The van der Waals surface area contributed by atoms with Crippen molar-refractivity contribution in [1.29, 1.82) is 0 Å². The average Bonchev–Trinajstić information content (AvgIpc) is 2.73. The van der Waals surface area contributed by atoms with E-state index in [1.54, 1.807) is 0 Å². The molecule has 0 aliphatic carbocycles. The minimum absolute atomic E-state index is 0.259. The van der Waals surface area contributed by atoms with Gasteiger partial charge in [0.05, 0.1) is 0 Å². The third-order valence-corrected chi connectivity index (χ3v) is 5.94. The zero-order valence-corrected chi connectivity index (χ0v) is 14.8. The number of unbranched alkanes of at least 4 members (excludes halogenated alkanes) is 6. The first-order chi connectivity index (χ1) is 9.05. The standard InChI is InChI=1S/C14H26N2S3/c1-4-5-6-7-8-9-10-11-14(2,3)18-13-12(17)15-16-19-13/h17H,4-11H2,1-3H3. The van der Waals surface area contributed by atoms with Crippen molar-refractivity contribution in [2.75, 3.05) is 0 Å². The van der Waals surface area contributed by atoms with Gasteiger partial charge in [-0.2, -0.15) is 0 Å². The largest absolute Gasteiger partial charge is 0.142 e. The smallest absolute Gasteiger partial charge is 0.131 e. The summed E-state index contributed by atoms with van der Waals surface area (Å²) < 4.78 is 5.35. The zero-order chi connectivity index (χ0) is 14.1. The highest BCUT2D eigenvalue weighted by atomic mass is 32.2. The Morgan fingerprint density at radius 3 is 2.32 bits per heavy atom. The van der Waals surface area contributed by atoms with E-state index in [0.29, 0.717) is 0 Å². The molecule has 0 amide bonds. The van der Waals surface area contributed by atoms with Crippen molar-refractivity contribution in [3.8, 4) is 0 Å². The van der Waals surface area contributed by atoms with Crippen molar-refractivity contribution in [2.24, 2.45) is 0 Å². The van der Waals surface area contributed by atoms with E-state index in [-0.39, 0.29) is 4.75 Å². The Morgan fingerprint density at radius 2 is 1.74 bits per heavy atom. The third kappa shape index (κ3) is 7.57. The van der Waals surface area contributed by atoms with Crippen LogP contribution in [0.4, 0.5) is 0 Å². The van der Waals surface area contributed by atoms with Crippen LogP contribution in [0.2, 0.25) is 0 Å². The summed E-state index contributed by atoms with van der Waals surface area (Å²) in [4.78, 5) is 0. The molecule has 0 aliphatic rings. The molecule has 0 bridgehead atoms. The van der Waals surface area contributed by atoms with Gasteiger partial charge in [-0.25, -0.2) is 0 Å². The number of thioether (sulfide) groups is 1. The summed E-state index contributed by atoms with van der Waals surface area (Å²) in [5.74, 6) is 0. The SMILES string of the molecule is CCCCCCCCCC(C)(C)Sc1snnc1S. The lowest BCUT2D eigenvalue weighted by atomic mass is 10.0. The molecule has 0 atom stereocenters. The highest BCUT2D eigenvalue weighted by molar-refractivity contribution is 8.02. The first-order valence-electron chi connectivity index (χ1n) is 7.25. The fourth-order valence-corrected chi connectivity index (χ4v) is 4.54. The van der Waals surface area contributed by atoms with E-state index in [4.69, 9.17) is 0 Å². The van der Waals surface area contributed by atoms with Gasteiger partial charge in [0.2, 0.25) is 0 Å². The van der Waals surface area contributed by atoms with Gasteiger partial charge in [-0.3, -0.25) is 0 Å². The normalized spacial score (nSPS) is 12.0. The van der Waals surface area contributed by atoms with Gasteiger partial charge in [0.15, 0.2) is 0 Å². The van der Waals surface area contributed by atoms with E-state index >= 15 is 0 Å². The van der Waals surface area contributed by atoms with Crippen LogP contribution in [0.3, 0.4) is 0 Å². The molecule has 0 saturated heterocycles. The Labute approximate surface area is 131 Å². The van der Waals surface area contributed by atoms with Gasteiger partial charge in [-0.05, 0) is 18.0 Å². The highest BCUT2D eigenvalue weighted by Crippen LogP contribution is 2.40. The molecule has 1 aromatic rings. The molecule has 19 heavy (non-hydrogen) atoms. The molecule has 0 aromatic carbocycles. The minimum atomic E-state index is 0.259. The summed E-state index contributed by atoms with van der Waals surface area (Å²) in [5.41, 5.74) is 0. The summed E-state index contributed by atoms with van der Waals surface area (Å²) in [7, 11) is 0. The van der Waals surface area contributed by atoms with E-state index in [9.17, 15) is 0 Å². The van der Waals surface area contributed by atoms with E-state index in [2.05, 4.69) is 43.0 Å². The molecule has 1 heterocycles. The van der Waals surface area contributed by atoms with Gasteiger partial charge < -0.3 is 0 Å². The molecule has 0 fully saturated rings. The van der Waals surface area contributed by atoms with Crippen LogP contribution < -0.4 is 0 Å². The lowest BCUT2D eigenvalue weighted by Crippen LogP contribution is -2.13. The molecule has 5 heteroatoms. The van der Waals surface area contributed by atoms with Crippen LogP contribution >= 0.6 is 35.9 Å². The maximum absolute atomic E-state index is 4.33. The van der Waals surface area contributed by atoms with E-state index in [0.717, 1.165) is 9.24 Å². The van der Waals surface area contributed by atoms with Crippen LogP contribution in [0.15, 0.2) is 9.24 Å². The molecular weight excluding hydrogens is 292 g/mol. The van der Waals surface area contributed by atoms with Crippen molar-refractivity contribution >= 4 is 35.9 Å².